The SMILES string of the molecule is CCn1cncc1CN1CCOC[C@@H]1CC(=O)O. The molecule has 1 saturated heterocycles. The molecular formula is C12H19N3O3. The maximum Gasteiger partial charge on any atom is 0.305 e. The number of aromatic nitrogens is 2. The number of hydrogen-bond donors (Lipinski definition) is 1. The third kappa shape index (κ3) is 3.08. The van der Waals surface area contributed by atoms with E-state index in [2.05, 4.69) is 21.4 Å². The zero-order chi connectivity index (χ0) is 13.0. The van der Waals surface area contributed by atoms with Crippen molar-refractivity contribution >= 4 is 5.97 Å². The van der Waals surface area contributed by atoms with Crippen LogP contribution in [0.2, 0.25) is 0 Å². The van der Waals surface area contributed by atoms with E-state index >= 15 is 0 Å². The summed E-state index contributed by atoms with van der Waals surface area (Å²) < 4.78 is 7.44. The molecule has 1 aliphatic heterocycles. The van der Waals surface area contributed by atoms with Crippen LogP contribution in [-0.4, -0.2) is 51.3 Å². The van der Waals surface area contributed by atoms with Crippen LogP contribution in [0.1, 0.15) is 19.0 Å². The lowest BCUT2D eigenvalue weighted by atomic mass is 10.1. The first-order chi connectivity index (χ1) is 8.70. The molecule has 0 aliphatic carbocycles. The fourth-order valence-corrected chi connectivity index (χ4v) is 2.26. The number of carbonyl (C=O) groups is 1. The fraction of sp³-hybridized carbons (Fsp3) is 0.667. The van der Waals surface area contributed by atoms with Crippen molar-refractivity contribution in [2.45, 2.75) is 32.5 Å². The molecule has 2 heterocycles. The minimum atomic E-state index is -0.778. The van der Waals surface area contributed by atoms with Crippen LogP contribution < -0.4 is 0 Å². The lowest BCUT2D eigenvalue weighted by Crippen LogP contribution is -2.46. The van der Waals surface area contributed by atoms with Crippen molar-refractivity contribution in [2.75, 3.05) is 19.8 Å². The van der Waals surface area contributed by atoms with Gasteiger partial charge < -0.3 is 14.4 Å². The molecule has 6 nitrogen and oxygen atoms in total. The summed E-state index contributed by atoms with van der Waals surface area (Å²) in [6.45, 7) is 5.60. The molecule has 0 spiro atoms. The van der Waals surface area contributed by atoms with Crippen LogP contribution in [-0.2, 0) is 22.6 Å². The molecule has 1 atom stereocenters. The first-order valence-corrected chi connectivity index (χ1v) is 6.23. The maximum atomic E-state index is 10.8. The number of aryl methyl sites for hydroxylation is 1. The zero-order valence-corrected chi connectivity index (χ0v) is 10.6. The third-order valence-electron chi connectivity index (χ3n) is 3.26. The summed E-state index contributed by atoms with van der Waals surface area (Å²) in [5.41, 5.74) is 1.12. The Hall–Kier alpha value is -1.40. The molecule has 0 unspecified atom stereocenters. The summed E-state index contributed by atoms with van der Waals surface area (Å²) in [4.78, 5) is 17.1. The summed E-state index contributed by atoms with van der Waals surface area (Å²) in [6, 6.07) is -0.0449. The lowest BCUT2D eigenvalue weighted by molar-refractivity contribution is -0.140. The number of aliphatic carboxylic acids is 1. The number of ether oxygens (including phenoxy) is 1. The Bertz CT molecular complexity index is 405. The summed E-state index contributed by atoms with van der Waals surface area (Å²) in [5, 5.41) is 8.91. The molecule has 1 fully saturated rings. The van der Waals surface area contributed by atoms with Crippen LogP contribution in [0.15, 0.2) is 12.5 Å². The lowest BCUT2D eigenvalue weighted by Gasteiger charge is -2.34. The number of hydrogen-bond acceptors (Lipinski definition) is 4. The van der Waals surface area contributed by atoms with Crippen molar-refractivity contribution < 1.29 is 14.6 Å². The molecule has 0 saturated carbocycles. The van der Waals surface area contributed by atoms with Gasteiger partial charge in [-0.3, -0.25) is 9.69 Å². The molecule has 1 aromatic rings. The van der Waals surface area contributed by atoms with Gasteiger partial charge in [-0.25, -0.2) is 4.98 Å². The molecule has 0 bridgehead atoms. The second-order valence-corrected chi connectivity index (χ2v) is 4.47. The Morgan fingerprint density at radius 1 is 1.67 bits per heavy atom. The smallest absolute Gasteiger partial charge is 0.305 e. The highest BCUT2D eigenvalue weighted by Gasteiger charge is 2.25. The number of rotatable bonds is 5. The van der Waals surface area contributed by atoms with Crippen LogP contribution in [0.3, 0.4) is 0 Å². The van der Waals surface area contributed by atoms with Crippen molar-refractivity contribution in [2.24, 2.45) is 0 Å². The number of carboxylic acids is 1. The molecule has 1 aromatic heterocycles. The van der Waals surface area contributed by atoms with Gasteiger partial charge in [0, 0.05) is 31.9 Å². The summed E-state index contributed by atoms with van der Waals surface area (Å²) in [5.74, 6) is -0.778. The van der Waals surface area contributed by atoms with Crippen molar-refractivity contribution in [3.63, 3.8) is 0 Å². The van der Waals surface area contributed by atoms with E-state index in [1.165, 1.54) is 0 Å². The summed E-state index contributed by atoms with van der Waals surface area (Å²) in [6.07, 6.45) is 3.78. The van der Waals surface area contributed by atoms with Crippen molar-refractivity contribution in [3.8, 4) is 0 Å². The third-order valence-corrected chi connectivity index (χ3v) is 3.26. The summed E-state index contributed by atoms with van der Waals surface area (Å²) >= 11 is 0. The Kier molecular flexibility index (Phi) is 4.33. The average molecular weight is 253 g/mol. The van der Waals surface area contributed by atoms with Gasteiger partial charge in [-0.15, -0.1) is 0 Å². The van der Waals surface area contributed by atoms with Crippen LogP contribution in [0, 0.1) is 0 Å². The van der Waals surface area contributed by atoms with Gasteiger partial charge in [-0.2, -0.15) is 0 Å². The highest BCUT2D eigenvalue weighted by molar-refractivity contribution is 5.67. The minimum Gasteiger partial charge on any atom is -0.481 e. The number of nitrogens with zero attached hydrogens (tertiary/aromatic N) is 3. The number of morpholine rings is 1. The highest BCUT2D eigenvalue weighted by Crippen LogP contribution is 2.14. The molecule has 6 heteroatoms. The fourth-order valence-electron chi connectivity index (χ4n) is 2.26. The largest absolute Gasteiger partial charge is 0.481 e. The quantitative estimate of drug-likeness (QED) is 0.831. The zero-order valence-electron chi connectivity index (χ0n) is 10.6. The standard InChI is InChI=1S/C12H19N3O3/c1-2-14-9-13-6-11(14)7-15-3-4-18-8-10(15)5-12(16)17/h6,9-10H,2-5,7-8H2,1H3,(H,16,17)/t10-/m0/s1. The first-order valence-electron chi connectivity index (χ1n) is 6.23. The molecule has 18 heavy (non-hydrogen) atoms. The number of imidazole rings is 1. The molecule has 2 rings (SSSR count). The van der Waals surface area contributed by atoms with Gasteiger partial charge in [0.2, 0.25) is 0 Å². The van der Waals surface area contributed by atoms with Gasteiger partial charge in [-0.05, 0) is 6.92 Å². The van der Waals surface area contributed by atoms with Crippen LogP contribution in [0.5, 0.6) is 0 Å². The molecule has 1 aliphatic rings. The second-order valence-electron chi connectivity index (χ2n) is 4.47. The Labute approximate surface area is 106 Å². The van der Waals surface area contributed by atoms with E-state index in [4.69, 9.17) is 9.84 Å². The van der Waals surface area contributed by atoms with Gasteiger partial charge in [0.1, 0.15) is 0 Å². The first kappa shape index (κ1) is 13.0. The van der Waals surface area contributed by atoms with E-state index < -0.39 is 5.97 Å². The van der Waals surface area contributed by atoms with E-state index in [1.807, 2.05) is 12.5 Å². The topological polar surface area (TPSA) is 67.6 Å². The van der Waals surface area contributed by atoms with Crippen LogP contribution in [0.4, 0.5) is 0 Å². The van der Waals surface area contributed by atoms with E-state index in [-0.39, 0.29) is 12.5 Å². The predicted octanol–water partition coefficient (Wildman–Crippen LogP) is 0.578. The molecule has 0 amide bonds. The van der Waals surface area contributed by atoms with Crippen LogP contribution in [0.25, 0.3) is 0 Å². The Balaban J connectivity index is 2.03. The normalized spacial score (nSPS) is 21.1. The van der Waals surface area contributed by atoms with E-state index in [1.54, 1.807) is 0 Å². The second kappa shape index (κ2) is 5.97. The molecule has 0 aromatic carbocycles. The van der Waals surface area contributed by atoms with Crippen molar-refractivity contribution in [1.82, 2.24) is 14.5 Å². The van der Waals surface area contributed by atoms with Gasteiger partial charge >= 0.3 is 5.97 Å². The monoisotopic (exact) mass is 253 g/mol. The highest BCUT2D eigenvalue weighted by atomic mass is 16.5. The number of carboxylic acid groups (broad SMARTS) is 1. The average Bonchev–Trinajstić information content (AvgIpc) is 2.78. The van der Waals surface area contributed by atoms with Gasteiger partial charge in [0.15, 0.2) is 0 Å². The van der Waals surface area contributed by atoms with Crippen molar-refractivity contribution in [3.05, 3.63) is 18.2 Å². The van der Waals surface area contributed by atoms with Gasteiger partial charge in [-0.1, -0.05) is 0 Å². The molecule has 100 valence electrons. The van der Waals surface area contributed by atoms with E-state index in [0.717, 1.165) is 25.3 Å². The van der Waals surface area contributed by atoms with Gasteiger partial charge in [0.05, 0.1) is 31.7 Å². The van der Waals surface area contributed by atoms with E-state index in [9.17, 15) is 4.79 Å². The molecule has 0 radical (unpaired) electrons. The van der Waals surface area contributed by atoms with Crippen LogP contribution >= 0.6 is 0 Å². The van der Waals surface area contributed by atoms with E-state index in [0.29, 0.717) is 13.2 Å². The van der Waals surface area contributed by atoms with Crippen molar-refractivity contribution in [1.29, 1.82) is 0 Å². The molecular weight excluding hydrogens is 234 g/mol. The maximum absolute atomic E-state index is 10.8. The molecule has 1 N–H and O–H groups in total. The van der Waals surface area contributed by atoms with Gasteiger partial charge in [0.25, 0.3) is 0 Å². The minimum absolute atomic E-state index is 0.0449. The summed E-state index contributed by atoms with van der Waals surface area (Å²) in [7, 11) is 0. The Morgan fingerprint density at radius 2 is 2.50 bits per heavy atom. The predicted molar refractivity (Wildman–Crippen MR) is 65.2 cm³/mol. The Morgan fingerprint density at radius 3 is 3.22 bits per heavy atom.